The van der Waals surface area contributed by atoms with Crippen LogP contribution >= 0.6 is 0 Å². The number of methoxy groups -OCH3 is 1. The molecule has 0 aliphatic carbocycles. The first-order chi connectivity index (χ1) is 15.3. The number of hydrogen-bond acceptors (Lipinski definition) is 5. The highest BCUT2D eigenvalue weighted by atomic mass is 16.5. The van der Waals surface area contributed by atoms with Crippen molar-refractivity contribution in [1.29, 1.82) is 0 Å². The van der Waals surface area contributed by atoms with E-state index in [9.17, 15) is 9.59 Å². The Hall–Kier alpha value is -3.28. The van der Waals surface area contributed by atoms with Crippen molar-refractivity contribution in [2.75, 3.05) is 38.2 Å². The fourth-order valence-electron chi connectivity index (χ4n) is 4.70. The molecule has 0 spiro atoms. The van der Waals surface area contributed by atoms with E-state index >= 15 is 0 Å². The zero-order valence-electron chi connectivity index (χ0n) is 19.5. The van der Waals surface area contributed by atoms with Gasteiger partial charge in [-0.15, -0.1) is 0 Å². The summed E-state index contributed by atoms with van der Waals surface area (Å²) in [6.07, 6.45) is 0. The molecule has 4 rings (SSSR count). The minimum absolute atomic E-state index is 0.189. The lowest BCUT2D eigenvalue weighted by molar-refractivity contribution is -0.139. The quantitative estimate of drug-likeness (QED) is 0.674. The topological polar surface area (TPSA) is 53.1 Å². The van der Waals surface area contributed by atoms with Crippen molar-refractivity contribution in [2.24, 2.45) is 0 Å². The molecule has 1 fully saturated rings. The van der Waals surface area contributed by atoms with Gasteiger partial charge in [0.05, 0.1) is 18.4 Å². The highest BCUT2D eigenvalue weighted by molar-refractivity contribution is 6.35. The molecule has 2 aromatic rings. The van der Waals surface area contributed by atoms with E-state index in [1.165, 1.54) is 4.90 Å². The standard InChI is InChI=1S/C26H31N3O3/c1-17(2)29-25(30)23(20-11-10-18(3)16-19(20)4)24(26(29)31)28-14-12-27(13-15-28)21-8-6-7-9-22(21)32-5/h6-11,16-17H,12-15H2,1-5H3. The van der Waals surface area contributed by atoms with Crippen molar-refractivity contribution >= 4 is 23.1 Å². The van der Waals surface area contributed by atoms with Crippen LogP contribution in [0.25, 0.3) is 5.57 Å². The SMILES string of the molecule is COc1ccccc1N1CCN(C2=C(c3ccc(C)cc3C)C(=O)N(C(C)C)C2=O)CC1. The summed E-state index contributed by atoms with van der Waals surface area (Å²) in [5.41, 5.74) is 5.12. The van der Waals surface area contributed by atoms with Crippen molar-refractivity contribution in [3.8, 4) is 5.75 Å². The number of ether oxygens (including phenoxy) is 1. The zero-order chi connectivity index (χ0) is 23.0. The monoisotopic (exact) mass is 433 g/mol. The van der Waals surface area contributed by atoms with Crippen molar-refractivity contribution in [2.45, 2.75) is 33.7 Å². The van der Waals surface area contributed by atoms with Gasteiger partial charge in [-0.3, -0.25) is 14.5 Å². The van der Waals surface area contributed by atoms with Crippen molar-refractivity contribution in [3.63, 3.8) is 0 Å². The molecule has 6 heteroatoms. The molecule has 2 aliphatic rings. The molecule has 2 aliphatic heterocycles. The summed E-state index contributed by atoms with van der Waals surface area (Å²) >= 11 is 0. The van der Waals surface area contributed by atoms with E-state index in [2.05, 4.69) is 21.9 Å². The van der Waals surface area contributed by atoms with E-state index in [1.807, 2.05) is 58.0 Å². The third-order valence-corrected chi connectivity index (χ3v) is 6.28. The molecule has 0 aromatic heterocycles. The van der Waals surface area contributed by atoms with Gasteiger partial charge < -0.3 is 14.5 Å². The average molecular weight is 434 g/mol. The van der Waals surface area contributed by atoms with E-state index < -0.39 is 0 Å². The number of para-hydroxylation sites is 2. The van der Waals surface area contributed by atoms with E-state index in [1.54, 1.807) is 7.11 Å². The zero-order valence-corrected chi connectivity index (χ0v) is 19.5. The maximum atomic E-state index is 13.4. The van der Waals surface area contributed by atoms with Crippen LogP contribution in [0.2, 0.25) is 0 Å². The van der Waals surface area contributed by atoms with Gasteiger partial charge >= 0.3 is 0 Å². The van der Waals surface area contributed by atoms with Crippen LogP contribution in [0, 0.1) is 13.8 Å². The number of imide groups is 1. The van der Waals surface area contributed by atoms with E-state index in [-0.39, 0.29) is 17.9 Å². The van der Waals surface area contributed by atoms with Crippen LogP contribution in [0.4, 0.5) is 5.69 Å². The average Bonchev–Trinajstić information content (AvgIpc) is 3.04. The number of hydrogen-bond donors (Lipinski definition) is 0. The first-order valence-electron chi connectivity index (χ1n) is 11.2. The Balaban J connectivity index is 1.68. The van der Waals surface area contributed by atoms with Crippen LogP contribution < -0.4 is 9.64 Å². The molecule has 0 atom stereocenters. The Bertz CT molecular complexity index is 1080. The van der Waals surface area contributed by atoms with Crippen LogP contribution in [0.1, 0.15) is 30.5 Å². The number of benzene rings is 2. The van der Waals surface area contributed by atoms with Gasteiger partial charge in [-0.1, -0.05) is 35.9 Å². The Morgan fingerprint density at radius 2 is 1.53 bits per heavy atom. The number of nitrogens with zero attached hydrogens (tertiary/aromatic N) is 3. The third kappa shape index (κ3) is 3.74. The molecule has 168 valence electrons. The maximum absolute atomic E-state index is 13.4. The van der Waals surface area contributed by atoms with Gasteiger partial charge in [0.2, 0.25) is 0 Å². The van der Waals surface area contributed by atoms with Gasteiger partial charge in [-0.25, -0.2) is 0 Å². The molecule has 2 amide bonds. The summed E-state index contributed by atoms with van der Waals surface area (Å²) in [5, 5.41) is 0. The number of rotatable bonds is 5. The predicted molar refractivity (Wildman–Crippen MR) is 127 cm³/mol. The van der Waals surface area contributed by atoms with Crippen LogP contribution in [-0.4, -0.2) is 60.9 Å². The van der Waals surface area contributed by atoms with Gasteiger partial charge in [-0.05, 0) is 51.0 Å². The lowest BCUT2D eigenvalue weighted by atomic mass is 9.97. The summed E-state index contributed by atoms with van der Waals surface area (Å²) in [7, 11) is 1.68. The molecular weight excluding hydrogens is 402 g/mol. The number of carbonyl (C=O) groups excluding carboxylic acids is 2. The van der Waals surface area contributed by atoms with E-state index in [0.717, 1.165) is 41.2 Å². The number of amides is 2. The lowest BCUT2D eigenvalue weighted by Gasteiger charge is -2.38. The molecule has 2 aromatic carbocycles. The predicted octanol–water partition coefficient (Wildman–Crippen LogP) is 3.62. The molecule has 0 bridgehead atoms. The second kappa shape index (κ2) is 8.69. The fourth-order valence-corrected chi connectivity index (χ4v) is 4.70. The Morgan fingerprint density at radius 1 is 0.875 bits per heavy atom. The second-order valence-corrected chi connectivity index (χ2v) is 8.76. The van der Waals surface area contributed by atoms with Crippen LogP contribution in [0.5, 0.6) is 5.75 Å². The third-order valence-electron chi connectivity index (χ3n) is 6.28. The number of carbonyl (C=O) groups is 2. The second-order valence-electron chi connectivity index (χ2n) is 8.76. The Morgan fingerprint density at radius 3 is 2.16 bits per heavy atom. The molecule has 1 saturated heterocycles. The van der Waals surface area contributed by atoms with Gasteiger partial charge in [0.15, 0.2) is 0 Å². The maximum Gasteiger partial charge on any atom is 0.278 e. The summed E-state index contributed by atoms with van der Waals surface area (Å²) in [6.45, 7) is 10.6. The van der Waals surface area contributed by atoms with Gasteiger partial charge in [-0.2, -0.15) is 0 Å². The molecule has 2 heterocycles. The molecule has 32 heavy (non-hydrogen) atoms. The smallest absolute Gasteiger partial charge is 0.278 e. The summed E-state index contributed by atoms with van der Waals surface area (Å²) < 4.78 is 5.52. The summed E-state index contributed by atoms with van der Waals surface area (Å²) in [6, 6.07) is 13.8. The van der Waals surface area contributed by atoms with Gasteiger partial charge in [0.1, 0.15) is 11.4 Å². The number of piperazine rings is 1. The summed E-state index contributed by atoms with van der Waals surface area (Å²) in [5.74, 6) is 0.457. The number of anilines is 1. The van der Waals surface area contributed by atoms with E-state index in [4.69, 9.17) is 4.74 Å². The normalized spacial score (nSPS) is 17.1. The van der Waals surface area contributed by atoms with Crippen LogP contribution in [-0.2, 0) is 9.59 Å². The Labute approximate surface area is 190 Å². The lowest BCUT2D eigenvalue weighted by Crippen LogP contribution is -2.48. The van der Waals surface area contributed by atoms with E-state index in [0.29, 0.717) is 24.4 Å². The largest absolute Gasteiger partial charge is 0.495 e. The van der Waals surface area contributed by atoms with Gasteiger partial charge in [0, 0.05) is 32.2 Å². The van der Waals surface area contributed by atoms with Gasteiger partial charge in [0.25, 0.3) is 11.8 Å². The van der Waals surface area contributed by atoms with Crippen molar-refractivity contribution in [3.05, 3.63) is 64.9 Å². The summed E-state index contributed by atoms with van der Waals surface area (Å²) in [4.78, 5) is 32.6. The first-order valence-corrected chi connectivity index (χ1v) is 11.2. The minimum atomic E-state index is -0.195. The Kier molecular flexibility index (Phi) is 5.96. The van der Waals surface area contributed by atoms with Crippen molar-refractivity contribution < 1.29 is 14.3 Å². The van der Waals surface area contributed by atoms with Crippen LogP contribution in [0.15, 0.2) is 48.2 Å². The van der Waals surface area contributed by atoms with Crippen molar-refractivity contribution in [1.82, 2.24) is 9.80 Å². The highest BCUT2D eigenvalue weighted by Gasteiger charge is 2.43. The highest BCUT2D eigenvalue weighted by Crippen LogP contribution is 2.36. The molecular formula is C26H31N3O3. The molecule has 0 N–H and O–H groups in total. The number of aryl methyl sites for hydroxylation is 2. The molecule has 6 nitrogen and oxygen atoms in total. The minimum Gasteiger partial charge on any atom is -0.495 e. The van der Waals surface area contributed by atoms with Crippen LogP contribution in [0.3, 0.4) is 0 Å². The molecule has 0 saturated carbocycles. The first kappa shape index (κ1) is 21.9. The molecule has 0 unspecified atom stereocenters. The fraction of sp³-hybridized carbons (Fsp3) is 0.385. The molecule has 0 radical (unpaired) electrons.